The van der Waals surface area contributed by atoms with E-state index in [0.717, 1.165) is 39.4 Å². The Morgan fingerprint density at radius 3 is 2.56 bits per heavy atom. The Morgan fingerprint density at radius 1 is 1.04 bits per heavy atom. The van der Waals surface area contributed by atoms with Crippen LogP contribution in [0.25, 0.3) is 33.5 Å². The first-order valence-electron chi connectivity index (χ1n) is 8.80. The van der Waals surface area contributed by atoms with Crippen molar-refractivity contribution in [3.05, 3.63) is 64.3 Å². The average molecular weight is 362 g/mol. The van der Waals surface area contributed by atoms with Crippen LogP contribution >= 0.6 is 0 Å². The smallest absolute Gasteiger partial charge is 0.328 e. The van der Waals surface area contributed by atoms with E-state index in [-0.39, 0.29) is 5.69 Å². The molecule has 6 heteroatoms. The number of fused-ring (bicyclic) bond motifs is 1. The van der Waals surface area contributed by atoms with Gasteiger partial charge < -0.3 is 9.72 Å². The highest BCUT2D eigenvalue weighted by Gasteiger charge is 2.16. The first-order valence-corrected chi connectivity index (χ1v) is 8.80. The van der Waals surface area contributed by atoms with Crippen molar-refractivity contribution < 1.29 is 4.74 Å². The van der Waals surface area contributed by atoms with Gasteiger partial charge in [-0.2, -0.15) is 0 Å². The number of aromatic nitrogens is 4. The molecule has 0 amide bonds. The molecular weight excluding hydrogens is 340 g/mol. The predicted molar refractivity (Wildman–Crippen MR) is 107 cm³/mol. The molecule has 0 spiro atoms. The van der Waals surface area contributed by atoms with Crippen molar-refractivity contribution >= 4 is 11.0 Å². The summed E-state index contributed by atoms with van der Waals surface area (Å²) in [4.78, 5) is 20.4. The molecule has 2 aromatic carbocycles. The molecule has 0 saturated carbocycles. The molecule has 138 valence electrons. The first kappa shape index (κ1) is 17.3. The molecular formula is C21H22N4O2. The number of aromatic amines is 1. The molecule has 0 aliphatic carbocycles. The van der Waals surface area contributed by atoms with E-state index in [1.807, 2.05) is 24.3 Å². The number of nitrogens with one attached hydrogen (secondary N) is 1. The molecule has 1 N–H and O–H groups in total. The van der Waals surface area contributed by atoms with Crippen LogP contribution in [0.3, 0.4) is 0 Å². The van der Waals surface area contributed by atoms with Gasteiger partial charge in [0.05, 0.1) is 22.4 Å². The number of H-pyrrole nitrogens is 1. The van der Waals surface area contributed by atoms with Crippen molar-refractivity contribution in [2.45, 2.75) is 13.5 Å². The standard InChI is InChI=1S/C21H22N4O2/c1-13-6-5-7-14(10-13)19-20(23-18(22-19)12-27-4)15-8-9-16-17(11-15)25(3)21(26)24(16)2/h5-11H,12H2,1-4H3,(H,22,23). The summed E-state index contributed by atoms with van der Waals surface area (Å²) in [6, 6.07) is 14.3. The normalized spacial score (nSPS) is 11.4. The van der Waals surface area contributed by atoms with Gasteiger partial charge in [0.15, 0.2) is 0 Å². The van der Waals surface area contributed by atoms with E-state index in [2.05, 4.69) is 30.1 Å². The van der Waals surface area contributed by atoms with Crippen molar-refractivity contribution in [2.24, 2.45) is 14.1 Å². The summed E-state index contributed by atoms with van der Waals surface area (Å²) in [5, 5.41) is 0. The maximum absolute atomic E-state index is 12.2. The minimum atomic E-state index is -0.0364. The Kier molecular flexibility index (Phi) is 4.20. The number of aryl methyl sites for hydroxylation is 3. The molecule has 0 unspecified atom stereocenters. The first-order chi connectivity index (χ1) is 13.0. The van der Waals surface area contributed by atoms with E-state index in [0.29, 0.717) is 6.61 Å². The number of ether oxygens (including phenoxy) is 1. The van der Waals surface area contributed by atoms with Gasteiger partial charge in [0.25, 0.3) is 0 Å². The van der Waals surface area contributed by atoms with Crippen LogP contribution < -0.4 is 5.69 Å². The largest absolute Gasteiger partial charge is 0.377 e. The molecule has 0 radical (unpaired) electrons. The lowest BCUT2D eigenvalue weighted by Crippen LogP contribution is -2.19. The molecule has 2 aromatic heterocycles. The summed E-state index contributed by atoms with van der Waals surface area (Å²) < 4.78 is 8.58. The van der Waals surface area contributed by atoms with Crippen molar-refractivity contribution in [2.75, 3.05) is 7.11 Å². The van der Waals surface area contributed by atoms with Crippen LogP contribution in [0.15, 0.2) is 47.3 Å². The highest BCUT2D eigenvalue weighted by Crippen LogP contribution is 2.32. The number of rotatable bonds is 4. The SMILES string of the molecule is COCc1nc(-c2cccc(C)c2)c(-c2ccc3c(c2)n(C)c(=O)n3C)[nH]1. The lowest BCUT2D eigenvalue weighted by atomic mass is 10.0. The van der Waals surface area contributed by atoms with Gasteiger partial charge >= 0.3 is 5.69 Å². The maximum atomic E-state index is 12.2. The van der Waals surface area contributed by atoms with Crippen molar-refractivity contribution in [1.29, 1.82) is 0 Å². The van der Waals surface area contributed by atoms with Gasteiger partial charge in [-0.25, -0.2) is 9.78 Å². The third-order valence-electron chi connectivity index (χ3n) is 4.89. The van der Waals surface area contributed by atoms with Crippen LogP contribution in [0.5, 0.6) is 0 Å². The van der Waals surface area contributed by atoms with Gasteiger partial charge in [0.1, 0.15) is 12.4 Å². The Bertz CT molecular complexity index is 1200. The fourth-order valence-electron chi connectivity index (χ4n) is 3.50. The molecule has 0 aliphatic rings. The zero-order valence-corrected chi connectivity index (χ0v) is 15.9. The van der Waals surface area contributed by atoms with Gasteiger partial charge in [-0.1, -0.05) is 29.8 Å². The lowest BCUT2D eigenvalue weighted by Gasteiger charge is -2.05. The van der Waals surface area contributed by atoms with Crippen LogP contribution in [-0.2, 0) is 25.4 Å². The second-order valence-electron chi connectivity index (χ2n) is 6.81. The number of hydrogen-bond donors (Lipinski definition) is 1. The van der Waals surface area contributed by atoms with Crippen LogP contribution in [-0.4, -0.2) is 26.2 Å². The average Bonchev–Trinajstić information content (AvgIpc) is 3.18. The number of benzene rings is 2. The zero-order valence-electron chi connectivity index (χ0n) is 15.9. The highest BCUT2D eigenvalue weighted by molar-refractivity contribution is 5.86. The van der Waals surface area contributed by atoms with E-state index in [9.17, 15) is 4.79 Å². The van der Waals surface area contributed by atoms with Gasteiger partial charge in [-0.15, -0.1) is 0 Å². The van der Waals surface area contributed by atoms with Crippen molar-refractivity contribution in [3.8, 4) is 22.5 Å². The summed E-state index contributed by atoms with van der Waals surface area (Å²) in [5.74, 6) is 0.769. The summed E-state index contributed by atoms with van der Waals surface area (Å²) in [7, 11) is 5.23. The van der Waals surface area contributed by atoms with E-state index in [4.69, 9.17) is 9.72 Å². The molecule has 4 aromatic rings. The van der Waals surface area contributed by atoms with E-state index in [1.54, 1.807) is 30.3 Å². The molecule has 2 heterocycles. The number of imidazole rings is 2. The quantitative estimate of drug-likeness (QED) is 0.605. The minimum absolute atomic E-state index is 0.0364. The zero-order chi connectivity index (χ0) is 19.1. The second kappa shape index (κ2) is 6.55. The van der Waals surface area contributed by atoms with Crippen molar-refractivity contribution in [3.63, 3.8) is 0 Å². The summed E-state index contributed by atoms with van der Waals surface area (Å²) in [5.41, 5.74) is 6.76. The molecule has 0 bridgehead atoms. The van der Waals surface area contributed by atoms with Crippen LogP contribution in [0.2, 0.25) is 0 Å². The van der Waals surface area contributed by atoms with Gasteiger partial charge in [0.2, 0.25) is 0 Å². The number of methoxy groups -OCH3 is 1. The van der Waals surface area contributed by atoms with Crippen LogP contribution in [0.4, 0.5) is 0 Å². The van der Waals surface area contributed by atoms with Gasteiger partial charge in [-0.05, 0) is 25.1 Å². The highest BCUT2D eigenvalue weighted by atomic mass is 16.5. The molecule has 0 atom stereocenters. The van der Waals surface area contributed by atoms with Crippen LogP contribution in [0, 0.1) is 6.92 Å². The summed E-state index contributed by atoms with van der Waals surface area (Å²) in [6.07, 6.45) is 0. The fraction of sp³-hybridized carbons (Fsp3) is 0.238. The van der Waals surface area contributed by atoms with Gasteiger partial charge in [0, 0.05) is 32.3 Å². The summed E-state index contributed by atoms with van der Waals surface area (Å²) >= 11 is 0. The molecule has 0 saturated heterocycles. The number of hydrogen-bond acceptors (Lipinski definition) is 3. The Balaban J connectivity index is 1.94. The molecule has 27 heavy (non-hydrogen) atoms. The summed E-state index contributed by atoms with van der Waals surface area (Å²) in [6.45, 7) is 2.47. The van der Waals surface area contributed by atoms with Gasteiger partial charge in [-0.3, -0.25) is 9.13 Å². The van der Waals surface area contributed by atoms with E-state index in [1.165, 1.54) is 5.56 Å². The third-order valence-corrected chi connectivity index (χ3v) is 4.89. The number of nitrogens with zero attached hydrogens (tertiary/aromatic N) is 3. The Labute approximate surface area is 157 Å². The van der Waals surface area contributed by atoms with Crippen LogP contribution in [0.1, 0.15) is 11.4 Å². The monoisotopic (exact) mass is 362 g/mol. The van der Waals surface area contributed by atoms with E-state index < -0.39 is 0 Å². The lowest BCUT2D eigenvalue weighted by molar-refractivity contribution is 0.178. The van der Waals surface area contributed by atoms with Crippen molar-refractivity contribution in [1.82, 2.24) is 19.1 Å². The molecule has 6 nitrogen and oxygen atoms in total. The predicted octanol–water partition coefficient (Wildman–Crippen LogP) is 3.39. The fourth-order valence-corrected chi connectivity index (χ4v) is 3.50. The van der Waals surface area contributed by atoms with E-state index >= 15 is 0 Å². The minimum Gasteiger partial charge on any atom is -0.377 e. The topological polar surface area (TPSA) is 64.8 Å². The molecule has 4 rings (SSSR count). The second-order valence-corrected chi connectivity index (χ2v) is 6.81. The maximum Gasteiger partial charge on any atom is 0.328 e. The molecule has 0 aliphatic heterocycles. The Hall–Kier alpha value is -3.12. The molecule has 0 fully saturated rings. The Morgan fingerprint density at radius 2 is 1.81 bits per heavy atom. The third kappa shape index (κ3) is 2.88.